The highest BCUT2D eigenvalue weighted by Crippen LogP contribution is 2.18. The highest BCUT2D eigenvalue weighted by molar-refractivity contribution is 5.08. The maximum atomic E-state index is 12.0. The topological polar surface area (TPSA) is 48.1 Å². The van der Waals surface area contributed by atoms with E-state index in [1.807, 2.05) is 0 Å². The molecular formula is C10H14F2N2O. The molecular weight excluding hydrogens is 202 g/mol. The molecule has 0 aliphatic heterocycles. The first kappa shape index (κ1) is 12.0. The van der Waals surface area contributed by atoms with Crippen molar-refractivity contribution in [1.29, 1.82) is 0 Å². The number of halogens is 2. The summed E-state index contributed by atoms with van der Waals surface area (Å²) < 4.78 is 29.0. The van der Waals surface area contributed by atoms with Gasteiger partial charge in [0.05, 0.1) is 5.69 Å². The summed E-state index contributed by atoms with van der Waals surface area (Å²) in [5, 5.41) is 0. The minimum absolute atomic E-state index is 0.376. The Bertz CT molecular complexity index is 280. The lowest BCUT2D eigenvalue weighted by Crippen LogP contribution is -2.29. The average Bonchev–Trinajstić information content (AvgIpc) is 2.18. The Morgan fingerprint density at radius 3 is 2.67 bits per heavy atom. The first-order valence-corrected chi connectivity index (χ1v) is 4.67. The van der Waals surface area contributed by atoms with E-state index in [-0.39, 0.29) is 6.04 Å². The molecule has 0 radical (unpaired) electrons. The summed E-state index contributed by atoms with van der Waals surface area (Å²) >= 11 is 0. The second kappa shape index (κ2) is 5.72. The van der Waals surface area contributed by atoms with Crippen LogP contribution in [0.25, 0.3) is 0 Å². The van der Waals surface area contributed by atoms with Gasteiger partial charge in [0.15, 0.2) is 0 Å². The van der Waals surface area contributed by atoms with E-state index in [9.17, 15) is 8.78 Å². The third kappa shape index (κ3) is 3.89. The number of hydrogen-bond acceptors (Lipinski definition) is 3. The van der Waals surface area contributed by atoms with Crippen LogP contribution in [0.5, 0.6) is 0 Å². The van der Waals surface area contributed by atoms with E-state index < -0.39 is 19.1 Å². The van der Waals surface area contributed by atoms with Gasteiger partial charge in [-0.1, -0.05) is 6.07 Å². The molecule has 1 aromatic rings. The van der Waals surface area contributed by atoms with Crippen LogP contribution >= 0.6 is 0 Å². The van der Waals surface area contributed by atoms with E-state index in [2.05, 4.69) is 4.98 Å². The Morgan fingerprint density at radius 2 is 2.20 bits per heavy atom. The van der Waals surface area contributed by atoms with Gasteiger partial charge < -0.3 is 10.5 Å². The molecule has 2 atom stereocenters. The van der Waals surface area contributed by atoms with Crippen LogP contribution in [-0.4, -0.2) is 24.1 Å². The van der Waals surface area contributed by atoms with Crippen molar-refractivity contribution in [3.63, 3.8) is 0 Å². The Hall–Kier alpha value is -1.07. The fraction of sp³-hybridized carbons (Fsp3) is 0.500. The Labute approximate surface area is 87.3 Å². The molecule has 0 spiro atoms. The van der Waals surface area contributed by atoms with Crippen molar-refractivity contribution in [2.24, 2.45) is 5.73 Å². The fourth-order valence-corrected chi connectivity index (χ4v) is 1.23. The first-order chi connectivity index (χ1) is 7.11. The highest BCUT2D eigenvalue weighted by atomic mass is 19.3. The van der Waals surface area contributed by atoms with Gasteiger partial charge in [-0.15, -0.1) is 0 Å². The molecule has 0 saturated carbocycles. The lowest BCUT2D eigenvalue weighted by Gasteiger charge is -2.20. The zero-order chi connectivity index (χ0) is 11.3. The van der Waals surface area contributed by atoms with Crippen molar-refractivity contribution in [2.75, 3.05) is 6.61 Å². The van der Waals surface area contributed by atoms with Crippen LogP contribution in [0, 0.1) is 0 Å². The number of pyridine rings is 1. The van der Waals surface area contributed by atoms with E-state index in [0.29, 0.717) is 5.69 Å². The Kier molecular flexibility index (Phi) is 4.58. The molecule has 0 bridgehead atoms. The molecule has 5 heteroatoms. The molecule has 1 rings (SSSR count). The minimum atomic E-state index is -2.49. The quantitative estimate of drug-likeness (QED) is 0.815. The summed E-state index contributed by atoms with van der Waals surface area (Å²) in [6.45, 7) is 1.08. The molecule has 2 N–H and O–H groups in total. The van der Waals surface area contributed by atoms with Crippen molar-refractivity contribution in [2.45, 2.75) is 25.5 Å². The number of nitrogens with zero attached hydrogens (tertiary/aromatic N) is 1. The molecule has 1 heterocycles. The third-order valence-corrected chi connectivity index (χ3v) is 1.86. The number of aromatic nitrogens is 1. The molecule has 0 amide bonds. The van der Waals surface area contributed by atoms with Crippen LogP contribution in [-0.2, 0) is 4.74 Å². The second-order valence-electron chi connectivity index (χ2n) is 3.26. The smallest absolute Gasteiger partial charge is 0.261 e. The molecule has 0 saturated heterocycles. The van der Waals surface area contributed by atoms with Crippen molar-refractivity contribution in [3.8, 4) is 0 Å². The normalized spacial score (nSPS) is 15.3. The lowest BCUT2D eigenvalue weighted by molar-refractivity contribution is -0.0342. The van der Waals surface area contributed by atoms with Crippen LogP contribution in [0.2, 0.25) is 0 Å². The van der Waals surface area contributed by atoms with Gasteiger partial charge in [-0.05, 0) is 19.1 Å². The van der Waals surface area contributed by atoms with Gasteiger partial charge in [0.25, 0.3) is 6.43 Å². The van der Waals surface area contributed by atoms with Gasteiger partial charge in [0.1, 0.15) is 12.7 Å². The highest BCUT2D eigenvalue weighted by Gasteiger charge is 2.19. The maximum absolute atomic E-state index is 12.0. The van der Waals surface area contributed by atoms with Gasteiger partial charge in [-0.25, -0.2) is 8.78 Å². The largest absolute Gasteiger partial charge is 0.364 e. The summed E-state index contributed by atoms with van der Waals surface area (Å²) in [4.78, 5) is 4.03. The van der Waals surface area contributed by atoms with Gasteiger partial charge in [0.2, 0.25) is 0 Å². The molecule has 0 fully saturated rings. The summed E-state index contributed by atoms with van der Waals surface area (Å²) in [6, 6.07) is 4.84. The molecule has 0 aliphatic carbocycles. The summed E-state index contributed by atoms with van der Waals surface area (Å²) in [5.74, 6) is 0. The van der Waals surface area contributed by atoms with Crippen molar-refractivity contribution in [3.05, 3.63) is 30.1 Å². The number of hydrogen-bond donors (Lipinski definition) is 1. The Morgan fingerprint density at radius 1 is 1.47 bits per heavy atom. The van der Waals surface area contributed by atoms with E-state index >= 15 is 0 Å². The Balaban J connectivity index is 2.66. The van der Waals surface area contributed by atoms with Gasteiger partial charge in [-0.3, -0.25) is 4.98 Å². The van der Waals surface area contributed by atoms with Crippen molar-refractivity contribution >= 4 is 0 Å². The SMILES string of the molecule is CC(N)C(OCC(F)F)c1ccccn1. The summed E-state index contributed by atoms with van der Waals surface area (Å²) in [7, 11) is 0. The van der Waals surface area contributed by atoms with Crippen LogP contribution in [0.3, 0.4) is 0 Å². The number of rotatable bonds is 5. The zero-order valence-corrected chi connectivity index (χ0v) is 8.44. The second-order valence-corrected chi connectivity index (χ2v) is 3.26. The van der Waals surface area contributed by atoms with Crippen LogP contribution in [0.1, 0.15) is 18.7 Å². The van der Waals surface area contributed by atoms with Crippen molar-refractivity contribution < 1.29 is 13.5 Å². The molecule has 2 unspecified atom stereocenters. The van der Waals surface area contributed by atoms with Crippen LogP contribution < -0.4 is 5.73 Å². The third-order valence-electron chi connectivity index (χ3n) is 1.86. The van der Waals surface area contributed by atoms with Crippen LogP contribution in [0.15, 0.2) is 24.4 Å². The standard InChI is InChI=1S/C10H14F2N2O/c1-7(13)10(15-6-9(11)12)8-4-2-3-5-14-8/h2-5,7,9-10H,6,13H2,1H3. The summed E-state index contributed by atoms with van der Waals surface area (Å²) in [6.07, 6.45) is -1.49. The molecule has 84 valence electrons. The fourth-order valence-electron chi connectivity index (χ4n) is 1.23. The predicted octanol–water partition coefficient (Wildman–Crippen LogP) is 1.75. The van der Waals surface area contributed by atoms with Gasteiger partial charge in [-0.2, -0.15) is 0 Å². The summed E-state index contributed by atoms with van der Waals surface area (Å²) in [5.41, 5.74) is 6.22. The number of alkyl halides is 2. The van der Waals surface area contributed by atoms with E-state index in [4.69, 9.17) is 10.5 Å². The zero-order valence-electron chi connectivity index (χ0n) is 8.44. The average molecular weight is 216 g/mol. The number of ether oxygens (including phenoxy) is 1. The molecule has 15 heavy (non-hydrogen) atoms. The minimum Gasteiger partial charge on any atom is -0.364 e. The monoisotopic (exact) mass is 216 g/mol. The van der Waals surface area contributed by atoms with Gasteiger partial charge in [0, 0.05) is 12.2 Å². The van der Waals surface area contributed by atoms with E-state index in [1.165, 1.54) is 0 Å². The maximum Gasteiger partial charge on any atom is 0.261 e. The molecule has 3 nitrogen and oxygen atoms in total. The van der Waals surface area contributed by atoms with Gasteiger partial charge >= 0.3 is 0 Å². The first-order valence-electron chi connectivity index (χ1n) is 4.67. The lowest BCUT2D eigenvalue weighted by atomic mass is 10.1. The predicted molar refractivity (Wildman–Crippen MR) is 52.6 cm³/mol. The molecule has 0 aliphatic rings. The van der Waals surface area contributed by atoms with E-state index in [0.717, 1.165) is 0 Å². The van der Waals surface area contributed by atoms with Crippen molar-refractivity contribution in [1.82, 2.24) is 4.98 Å². The van der Waals surface area contributed by atoms with Crippen LogP contribution in [0.4, 0.5) is 8.78 Å². The van der Waals surface area contributed by atoms with E-state index in [1.54, 1.807) is 31.3 Å². The number of nitrogens with two attached hydrogens (primary N) is 1. The molecule has 1 aromatic heterocycles. The molecule has 0 aromatic carbocycles.